The summed E-state index contributed by atoms with van der Waals surface area (Å²) in [7, 11) is 0. The number of phenols is 1. The van der Waals surface area contributed by atoms with Gasteiger partial charge in [0.2, 0.25) is 0 Å². The summed E-state index contributed by atoms with van der Waals surface area (Å²) in [4.78, 5) is 12.5. The van der Waals surface area contributed by atoms with Crippen molar-refractivity contribution < 1.29 is 14.6 Å². The molecule has 0 aromatic heterocycles. The molecule has 118 valence electrons. The number of Topliss-reactive ketones (excluding diaryl/α,β-unsaturated/α-hetero) is 1. The van der Waals surface area contributed by atoms with E-state index in [0.717, 1.165) is 11.1 Å². The molecule has 0 saturated carbocycles. The lowest BCUT2D eigenvalue weighted by atomic mass is 9.93. The van der Waals surface area contributed by atoms with Crippen LogP contribution >= 0.6 is 0 Å². The van der Waals surface area contributed by atoms with Gasteiger partial charge in [-0.25, -0.2) is 0 Å². The number of hydrogen-bond acceptors (Lipinski definition) is 3. The van der Waals surface area contributed by atoms with E-state index in [1.54, 1.807) is 6.07 Å². The molecule has 0 amide bonds. The zero-order chi connectivity index (χ0) is 16.4. The first-order valence-corrected chi connectivity index (χ1v) is 7.79. The first kappa shape index (κ1) is 15.3. The number of fused-ring (bicyclic) bond motifs is 1. The van der Waals surface area contributed by atoms with Crippen LogP contribution in [-0.4, -0.2) is 10.9 Å². The molecule has 1 atom stereocenters. The van der Waals surface area contributed by atoms with E-state index < -0.39 is 0 Å². The van der Waals surface area contributed by atoms with Gasteiger partial charge in [-0.3, -0.25) is 4.79 Å². The van der Waals surface area contributed by atoms with Crippen molar-refractivity contribution in [3.63, 3.8) is 0 Å². The normalized spacial score (nSPS) is 16.4. The van der Waals surface area contributed by atoms with Crippen LogP contribution in [0.15, 0.2) is 54.1 Å². The number of hydrogen-bond donors (Lipinski definition) is 1. The van der Waals surface area contributed by atoms with E-state index >= 15 is 0 Å². The van der Waals surface area contributed by atoms with Gasteiger partial charge in [0, 0.05) is 0 Å². The van der Waals surface area contributed by atoms with E-state index in [1.165, 1.54) is 5.57 Å². The lowest BCUT2D eigenvalue weighted by Crippen LogP contribution is -2.21. The van der Waals surface area contributed by atoms with Gasteiger partial charge >= 0.3 is 0 Å². The summed E-state index contributed by atoms with van der Waals surface area (Å²) < 4.78 is 6.12. The van der Waals surface area contributed by atoms with E-state index in [4.69, 9.17) is 4.74 Å². The van der Waals surface area contributed by atoms with Crippen molar-refractivity contribution >= 4 is 5.78 Å². The molecule has 0 bridgehead atoms. The smallest absolute Gasteiger partial charge is 0.174 e. The van der Waals surface area contributed by atoms with Crippen LogP contribution in [0.1, 0.15) is 47.9 Å². The standard InChI is InChI=1S/C20H20O3/c1-13(2)8-9-15-10-11-16(21)19-17(22)12-18(23-20(15)19)14-6-4-3-5-7-14/h3-8,10-11,18,21H,9,12H2,1-2H3. The van der Waals surface area contributed by atoms with Crippen LogP contribution in [0.25, 0.3) is 0 Å². The molecule has 3 nitrogen and oxygen atoms in total. The van der Waals surface area contributed by atoms with Crippen molar-refractivity contribution in [2.45, 2.75) is 32.8 Å². The fourth-order valence-electron chi connectivity index (χ4n) is 2.80. The Kier molecular flexibility index (Phi) is 4.20. The van der Waals surface area contributed by atoms with Crippen LogP contribution in [0.3, 0.4) is 0 Å². The van der Waals surface area contributed by atoms with Crippen molar-refractivity contribution in [1.82, 2.24) is 0 Å². The first-order chi connectivity index (χ1) is 11.1. The quantitative estimate of drug-likeness (QED) is 0.842. The lowest BCUT2D eigenvalue weighted by molar-refractivity contribution is 0.0843. The number of benzene rings is 2. The van der Waals surface area contributed by atoms with Crippen LogP contribution in [-0.2, 0) is 6.42 Å². The molecule has 2 aromatic carbocycles. The van der Waals surface area contributed by atoms with E-state index in [-0.39, 0.29) is 24.1 Å². The second kappa shape index (κ2) is 6.29. The molecule has 0 saturated heterocycles. The Morgan fingerprint density at radius 3 is 2.65 bits per heavy atom. The summed E-state index contributed by atoms with van der Waals surface area (Å²) >= 11 is 0. The van der Waals surface area contributed by atoms with E-state index in [1.807, 2.05) is 50.2 Å². The maximum atomic E-state index is 12.5. The highest BCUT2D eigenvalue weighted by molar-refractivity contribution is 6.02. The van der Waals surface area contributed by atoms with Gasteiger partial charge in [0.1, 0.15) is 23.2 Å². The molecule has 0 spiro atoms. The van der Waals surface area contributed by atoms with Gasteiger partial charge in [-0.05, 0) is 37.5 Å². The van der Waals surface area contributed by atoms with Crippen LogP contribution in [0.4, 0.5) is 0 Å². The van der Waals surface area contributed by atoms with Crippen molar-refractivity contribution in [1.29, 1.82) is 0 Å². The zero-order valence-corrected chi connectivity index (χ0v) is 13.4. The average molecular weight is 308 g/mol. The van der Waals surface area contributed by atoms with Crippen LogP contribution in [0.5, 0.6) is 11.5 Å². The summed E-state index contributed by atoms with van der Waals surface area (Å²) in [5, 5.41) is 10.1. The Balaban J connectivity index is 2.02. The van der Waals surface area contributed by atoms with Crippen molar-refractivity contribution in [3.8, 4) is 11.5 Å². The molecule has 3 rings (SSSR count). The number of ketones is 1. The second-order valence-electron chi connectivity index (χ2n) is 6.08. The molecule has 23 heavy (non-hydrogen) atoms. The number of allylic oxidation sites excluding steroid dienone is 2. The first-order valence-electron chi connectivity index (χ1n) is 7.79. The van der Waals surface area contributed by atoms with E-state index in [9.17, 15) is 9.90 Å². The molecule has 1 unspecified atom stereocenters. The third kappa shape index (κ3) is 3.14. The van der Waals surface area contributed by atoms with Crippen molar-refractivity contribution in [2.75, 3.05) is 0 Å². The van der Waals surface area contributed by atoms with Gasteiger partial charge in [-0.15, -0.1) is 0 Å². The molecule has 1 N–H and O–H groups in total. The predicted molar refractivity (Wildman–Crippen MR) is 90.0 cm³/mol. The molecular weight excluding hydrogens is 288 g/mol. The highest BCUT2D eigenvalue weighted by Gasteiger charge is 2.31. The monoisotopic (exact) mass is 308 g/mol. The maximum absolute atomic E-state index is 12.5. The summed E-state index contributed by atoms with van der Waals surface area (Å²) in [5.41, 5.74) is 3.42. The highest BCUT2D eigenvalue weighted by atomic mass is 16.5. The molecule has 0 radical (unpaired) electrons. The van der Waals surface area contributed by atoms with Gasteiger partial charge < -0.3 is 9.84 Å². The molecule has 0 fully saturated rings. The minimum Gasteiger partial charge on any atom is -0.507 e. The Hall–Kier alpha value is -2.55. The molecule has 1 aliphatic heterocycles. The number of ether oxygens (including phenoxy) is 1. The summed E-state index contributed by atoms with van der Waals surface area (Å²) in [6, 6.07) is 13.1. The lowest BCUT2D eigenvalue weighted by Gasteiger charge is -2.27. The van der Waals surface area contributed by atoms with Gasteiger partial charge in [-0.2, -0.15) is 0 Å². The number of carbonyl (C=O) groups excluding carboxylic acids is 1. The van der Waals surface area contributed by atoms with Gasteiger partial charge in [-0.1, -0.05) is 48.0 Å². The minimum absolute atomic E-state index is 0.00235. The molecule has 1 heterocycles. The van der Waals surface area contributed by atoms with Crippen LogP contribution in [0, 0.1) is 0 Å². The fourth-order valence-corrected chi connectivity index (χ4v) is 2.80. The Morgan fingerprint density at radius 1 is 1.22 bits per heavy atom. The number of rotatable bonds is 3. The van der Waals surface area contributed by atoms with Gasteiger partial charge in [0.25, 0.3) is 0 Å². The highest BCUT2D eigenvalue weighted by Crippen LogP contribution is 2.41. The fraction of sp³-hybridized carbons (Fsp3) is 0.250. The van der Waals surface area contributed by atoms with E-state index in [2.05, 4.69) is 6.08 Å². The Labute approximate surface area is 136 Å². The number of carbonyl (C=O) groups is 1. The maximum Gasteiger partial charge on any atom is 0.174 e. The molecular formula is C20H20O3. The topological polar surface area (TPSA) is 46.5 Å². The zero-order valence-electron chi connectivity index (χ0n) is 13.4. The third-order valence-corrected chi connectivity index (χ3v) is 4.03. The Bertz CT molecular complexity index is 756. The minimum atomic E-state index is -0.302. The molecule has 1 aliphatic rings. The van der Waals surface area contributed by atoms with Crippen molar-refractivity contribution in [3.05, 3.63) is 70.8 Å². The number of phenolic OH excluding ortho intramolecular Hbond substituents is 1. The summed E-state index contributed by atoms with van der Waals surface area (Å²) in [5.74, 6) is 0.446. The van der Waals surface area contributed by atoms with Gasteiger partial charge in [0.05, 0.1) is 6.42 Å². The van der Waals surface area contributed by atoms with Gasteiger partial charge in [0.15, 0.2) is 5.78 Å². The SMILES string of the molecule is CC(C)=CCc1ccc(O)c2c1OC(c1ccccc1)CC2=O. The number of aromatic hydroxyl groups is 1. The third-order valence-electron chi connectivity index (χ3n) is 4.03. The summed E-state index contributed by atoms with van der Waals surface area (Å²) in [6.07, 6.45) is 2.71. The predicted octanol–water partition coefficient (Wildman–Crippen LogP) is 4.61. The molecule has 2 aromatic rings. The van der Waals surface area contributed by atoms with Crippen LogP contribution in [0.2, 0.25) is 0 Å². The van der Waals surface area contributed by atoms with Crippen LogP contribution < -0.4 is 4.74 Å². The largest absolute Gasteiger partial charge is 0.507 e. The van der Waals surface area contributed by atoms with E-state index in [0.29, 0.717) is 17.7 Å². The van der Waals surface area contributed by atoms with Crippen molar-refractivity contribution in [2.24, 2.45) is 0 Å². The second-order valence-corrected chi connectivity index (χ2v) is 6.08. The average Bonchev–Trinajstić information content (AvgIpc) is 2.54. The molecule has 0 aliphatic carbocycles. The Morgan fingerprint density at radius 2 is 1.96 bits per heavy atom. The summed E-state index contributed by atoms with van der Waals surface area (Å²) in [6.45, 7) is 4.07. The molecule has 3 heteroatoms.